The van der Waals surface area contributed by atoms with E-state index in [-0.39, 0.29) is 0 Å². The van der Waals surface area contributed by atoms with Crippen LogP contribution in [0.1, 0.15) is 10.4 Å². The molecule has 0 unspecified atom stereocenters. The Bertz CT molecular complexity index is 704. The summed E-state index contributed by atoms with van der Waals surface area (Å²) in [5.74, 6) is 0.890. The van der Waals surface area contributed by atoms with Crippen LogP contribution in [0.5, 0.6) is 0 Å². The number of aryl methyl sites for hydroxylation is 1. The van der Waals surface area contributed by atoms with E-state index >= 15 is 0 Å². The number of nitrogens with zero attached hydrogens (tertiary/aromatic N) is 2. The predicted molar refractivity (Wildman–Crippen MR) is 82.6 cm³/mol. The van der Waals surface area contributed by atoms with Gasteiger partial charge in [-0.25, -0.2) is 9.97 Å². The average molecular weight is 287 g/mol. The molecule has 0 saturated carbocycles. The standard InChI is InChI=1S/C14H13N3S2/c1-9-6-12-13(16-8-17-14(12)19-9)18-7-10-2-4-11(15)5-3-10/h2-6,8H,7,15H2,1H3. The Labute approximate surface area is 119 Å². The molecule has 0 saturated heterocycles. The van der Waals surface area contributed by atoms with Crippen LogP contribution in [0, 0.1) is 6.92 Å². The number of benzene rings is 1. The van der Waals surface area contributed by atoms with E-state index in [2.05, 4.69) is 35.1 Å². The Kier molecular flexibility index (Phi) is 3.40. The van der Waals surface area contributed by atoms with Crippen LogP contribution in [0.4, 0.5) is 5.69 Å². The molecule has 0 atom stereocenters. The zero-order chi connectivity index (χ0) is 13.2. The molecule has 3 aromatic rings. The van der Waals surface area contributed by atoms with Gasteiger partial charge in [0.25, 0.3) is 0 Å². The molecular weight excluding hydrogens is 274 g/mol. The number of hydrogen-bond acceptors (Lipinski definition) is 5. The minimum absolute atomic E-state index is 0.798. The van der Waals surface area contributed by atoms with Crippen LogP contribution in [0.15, 0.2) is 41.7 Å². The molecule has 0 amide bonds. The van der Waals surface area contributed by atoms with Gasteiger partial charge in [-0.3, -0.25) is 0 Å². The highest BCUT2D eigenvalue weighted by atomic mass is 32.2. The number of hydrogen-bond donors (Lipinski definition) is 1. The van der Waals surface area contributed by atoms with Crippen molar-refractivity contribution in [1.29, 1.82) is 0 Å². The van der Waals surface area contributed by atoms with E-state index in [4.69, 9.17) is 5.73 Å². The van der Waals surface area contributed by atoms with Gasteiger partial charge in [0.05, 0.1) is 0 Å². The van der Waals surface area contributed by atoms with E-state index in [0.717, 1.165) is 26.7 Å². The van der Waals surface area contributed by atoms with E-state index in [1.54, 1.807) is 29.4 Å². The number of nitrogen functional groups attached to an aromatic ring is 1. The monoisotopic (exact) mass is 287 g/mol. The molecule has 0 spiro atoms. The lowest BCUT2D eigenvalue weighted by Gasteiger charge is -2.02. The number of thiophene rings is 1. The van der Waals surface area contributed by atoms with E-state index in [0.29, 0.717) is 0 Å². The maximum absolute atomic E-state index is 5.69. The van der Waals surface area contributed by atoms with Gasteiger partial charge in [-0.2, -0.15) is 0 Å². The third-order valence-electron chi connectivity index (χ3n) is 2.77. The second-order valence-corrected chi connectivity index (χ2v) is 6.48. The molecular formula is C14H13N3S2. The maximum atomic E-state index is 5.69. The molecule has 3 nitrogen and oxygen atoms in total. The Morgan fingerprint density at radius 2 is 2.00 bits per heavy atom. The van der Waals surface area contributed by atoms with Crippen LogP contribution in [-0.4, -0.2) is 9.97 Å². The summed E-state index contributed by atoms with van der Waals surface area (Å²) in [7, 11) is 0. The first kappa shape index (κ1) is 12.4. The fourth-order valence-electron chi connectivity index (χ4n) is 1.83. The third kappa shape index (κ3) is 2.72. The van der Waals surface area contributed by atoms with Crippen molar-refractivity contribution in [2.45, 2.75) is 17.7 Å². The van der Waals surface area contributed by atoms with Crippen molar-refractivity contribution in [2.75, 3.05) is 5.73 Å². The van der Waals surface area contributed by atoms with Crippen LogP contribution in [0.25, 0.3) is 10.2 Å². The van der Waals surface area contributed by atoms with Crippen molar-refractivity contribution in [3.63, 3.8) is 0 Å². The van der Waals surface area contributed by atoms with Crippen LogP contribution >= 0.6 is 23.1 Å². The van der Waals surface area contributed by atoms with Crippen molar-refractivity contribution < 1.29 is 0 Å². The summed E-state index contributed by atoms with van der Waals surface area (Å²) in [5, 5.41) is 2.21. The largest absolute Gasteiger partial charge is 0.399 e. The second-order valence-electron chi connectivity index (χ2n) is 4.28. The van der Waals surface area contributed by atoms with E-state index in [9.17, 15) is 0 Å². The summed E-state index contributed by atoms with van der Waals surface area (Å²) in [6, 6.07) is 10.1. The van der Waals surface area contributed by atoms with Gasteiger partial charge in [-0.05, 0) is 30.7 Å². The molecule has 0 radical (unpaired) electrons. The van der Waals surface area contributed by atoms with E-state index in [1.165, 1.54) is 10.4 Å². The number of thioether (sulfide) groups is 1. The number of aromatic nitrogens is 2. The van der Waals surface area contributed by atoms with Gasteiger partial charge >= 0.3 is 0 Å². The van der Waals surface area contributed by atoms with Gasteiger partial charge in [0.2, 0.25) is 0 Å². The summed E-state index contributed by atoms with van der Waals surface area (Å²) >= 11 is 3.45. The van der Waals surface area contributed by atoms with Gasteiger partial charge in [-0.1, -0.05) is 12.1 Å². The fraction of sp³-hybridized carbons (Fsp3) is 0.143. The van der Waals surface area contributed by atoms with Gasteiger partial charge in [0.1, 0.15) is 16.2 Å². The topological polar surface area (TPSA) is 51.8 Å². The molecule has 0 aliphatic heterocycles. The first-order chi connectivity index (χ1) is 9.22. The molecule has 0 aliphatic rings. The zero-order valence-corrected chi connectivity index (χ0v) is 12.1. The van der Waals surface area contributed by atoms with Gasteiger partial charge in [0.15, 0.2) is 0 Å². The van der Waals surface area contributed by atoms with Crippen LogP contribution < -0.4 is 5.73 Å². The van der Waals surface area contributed by atoms with E-state index < -0.39 is 0 Å². The van der Waals surface area contributed by atoms with Crippen molar-refractivity contribution in [2.24, 2.45) is 0 Å². The number of rotatable bonds is 3. The average Bonchev–Trinajstić information content (AvgIpc) is 2.79. The quantitative estimate of drug-likeness (QED) is 0.451. The number of nitrogens with two attached hydrogens (primary N) is 1. The minimum Gasteiger partial charge on any atom is -0.399 e. The maximum Gasteiger partial charge on any atom is 0.128 e. The summed E-state index contributed by atoms with van der Waals surface area (Å²) in [6.07, 6.45) is 1.64. The van der Waals surface area contributed by atoms with Crippen molar-refractivity contribution in [1.82, 2.24) is 9.97 Å². The van der Waals surface area contributed by atoms with Gasteiger partial charge in [-0.15, -0.1) is 23.1 Å². The highest BCUT2D eigenvalue weighted by molar-refractivity contribution is 7.98. The van der Waals surface area contributed by atoms with Crippen LogP contribution in [0.3, 0.4) is 0 Å². The van der Waals surface area contributed by atoms with Gasteiger partial charge < -0.3 is 5.73 Å². The first-order valence-corrected chi connectivity index (χ1v) is 7.71. The Morgan fingerprint density at radius 3 is 2.79 bits per heavy atom. The third-order valence-corrected chi connectivity index (χ3v) is 4.81. The second kappa shape index (κ2) is 5.19. The molecule has 19 heavy (non-hydrogen) atoms. The molecule has 2 aromatic heterocycles. The Hall–Kier alpha value is -1.59. The highest BCUT2D eigenvalue weighted by Gasteiger charge is 2.07. The fourth-order valence-corrected chi connectivity index (χ4v) is 3.68. The summed E-state index contributed by atoms with van der Waals surface area (Å²) < 4.78 is 0. The van der Waals surface area contributed by atoms with Crippen LogP contribution in [0.2, 0.25) is 0 Å². The van der Waals surface area contributed by atoms with E-state index in [1.807, 2.05) is 12.1 Å². The smallest absolute Gasteiger partial charge is 0.128 e. The Morgan fingerprint density at radius 1 is 1.21 bits per heavy atom. The molecule has 3 rings (SSSR count). The first-order valence-electron chi connectivity index (χ1n) is 5.91. The lowest BCUT2D eigenvalue weighted by Crippen LogP contribution is -1.87. The molecule has 5 heteroatoms. The Balaban J connectivity index is 1.83. The summed E-state index contributed by atoms with van der Waals surface area (Å²) in [5.41, 5.74) is 7.73. The number of anilines is 1. The van der Waals surface area contributed by atoms with Crippen LogP contribution in [-0.2, 0) is 5.75 Å². The van der Waals surface area contributed by atoms with Crippen molar-refractivity contribution in [3.8, 4) is 0 Å². The summed E-state index contributed by atoms with van der Waals surface area (Å²) in [6.45, 7) is 2.10. The van der Waals surface area contributed by atoms with Crippen molar-refractivity contribution >= 4 is 39.0 Å². The zero-order valence-electron chi connectivity index (χ0n) is 10.5. The molecule has 0 bridgehead atoms. The molecule has 2 N–H and O–H groups in total. The van der Waals surface area contributed by atoms with Crippen molar-refractivity contribution in [3.05, 3.63) is 47.1 Å². The van der Waals surface area contributed by atoms with Gasteiger partial charge in [0, 0.05) is 21.7 Å². The minimum atomic E-state index is 0.798. The predicted octanol–water partition coefficient (Wildman–Crippen LogP) is 3.87. The molecule has 2 heterocycles. The lowest BCUT2D eigenvalue weighted by atomic mass is 10.2. The molecule has 0 aliphatic carbocycles. The SMILES string of the molecule is Cc1cc2c(SCc3ccc(N)cc3)ncnc2s1. The molecule has 96 valence electrons. The molecule has 1 aromatic carbocycles. The molecule has 0 fully saturated rings. The summed E-state index contributed by atoms with van der Waals surface area (Å²) in [4.78, 5) is 11.0. The normalized spacial score (nSPS) is 11.0. The number of fused-ring (bicyclic) bond motifs is 1. The lowest BCUT2D eigenvalue weighted by molar-refractivity contribution is 1.11. The highest BCUT2D eigenvalue weighted by Crippen LogP contribution is 2.31.